The first-order valence-electron chi connectivity index (χ1n) is 6.85. The molecule has 0 fully saturated rings. The minimum absolute atomic E-state index is 0.0378. The average Bonchev–Trinajstić information content (AvgIpc) is 2.84. The number of anilines is 1. The van der Waals surface area contributed by atoms with Gasteiger partial charge in [0.05, 0.1) is 0 Å². The number of carbonyl (C=O) groups is 1. The molecular formula is C15H19N3O2S. The number of aryl methyl sites for hydroxylation is 1. The lowest BCUT2D eigenvalue weighted by Gasteiger charge is -2.07. The van der Waals surface area contributed by atoms with Gasteiger partial charge < -0.3 is 4.74 Å². The van der Waals surface area contributed by atoms with Crippen molar-refractivity contribution in [3.05, 3.63) is 34.8 Å². The van der Waals surface area contributed by atoms with Gasteiger partial charge >= 0.3 is 0 Å². The molecule has 0 radical (unpaired) electrons. The molecule has 0 atom stereocenters. The third-order valence-corrected chi connectivity index (χ3v) is 3.61. The second kappa shape index (κ2) is 7.17. The van der Waals surface area contributed by atoms with Crippen LogP contribution in [0.3, 0.4) is 0 Å². The lowest BCUT2D eigenvalue weighted by molar-refractivity contribution is -0.118. The number of nitrogens with zero attached hydrogens (tertiary/aromatic N) is 2. The van der Waals surface area contributed by atoms with E-state index in [2.05, 4.69) is 29.4 Å². The third-order valence-electron chi connectivity index (χ3n) is 2.75. The number of carbonyl (C=O) groups excluding carboxylic acids is 1. The van der Waals surface area contributed by atoms with Crippen LogP contribution in [0.1, 0.15) is 24.4 Å². The smallest absolute Gasteiger partial charge is 0.264 e. The lowest BCUT2D eigenvalue weighted by Crippen LogP contribution is -2.20. The maximum Gasteiger partial charge on any atom is 0.264 e. The minimum Gasteiger partial charge on any atom is -0.483 e. The zero-order valence-corrected chi connectivity index (χ0v) is 13.2. The Bertz CT molecular complexity index is 610. The fourth-order valence-corrected chi connectivity index (χ4v) is 2.72. The molecule has 0 saturated carbocycles. The molecular weight excluding hydrogens is 286 g/mol. The highest BCUT2D eigenvalue weighted by atomic mass is 32.1. The van der Waals surface area contributed by atoms with Gasteiger partial charge in [0.1, 0.15) is 10.8 Å². The highest BCUT2D eigenvalue weighted by molar-refractivity contribution is 7.15. The molecule has 0 spiro atoms. The first-order chi connectivity index (χ1) is 10.0. The van der Waals surface area contributed by atoms with E-state index in [1.54, 1.807) is 0 Å². The highest BCUT2D eigenvalue weighted by Gasteiger charge is 2.10. The van der Waals surface area contributed by atoms with E-state index in [0.29, 0.717) is 16.8 Å². The van der Waals surface area contributed by atoms with E-state index in [0.717, 1.165) is 17.0 Å². The molecule has 1 aromatic carbocycles. The Labute approximate surface area is 128 Å². The van der Waals surface area contributed by atoms with Crippen LogP contribution in [0.2, 0.25) is 0 Å². The predicted molar refractivity (Wildman–Crippen MR) is 83.8 cm³/mol. The van der Waals surface area contributed by atoms with Crippen molar-refractivity contribution in [1.82, 2.24) is 10.2 Å². The first kappa shape index (κ1) is 15.4. The van der Waals surface area contributed by atoms with E-state index in [-0.39, 0.29) is 12.5 Å². The van der Waals surface area contributed by atoms with Crippen LogP contribution in [-0.4, -0.2) is 22.7 Å². The summed E-state index contributed by atoms with van der Waals surface area (Å²) in [4.78, 5) is 11.8. The van der Waals surface area contributed by atoms with Crippen LogP contribution in [-0.2, 0) is 11.2 Å². The molecule has 0 saturated heterocycles. The summed E-state index contributed by atoms with van der Waals surface area (Å²) in [5, 5.41) is 12.2. The van der Waals surface area contributed by atoms with Gasteiger partial charge in [-0.1, -0.05) is 43.4 Å². The molecule has 1 N–H and O–H groups in total. The predicted octanol–water partition coefficient (Wildman–Crippen LogP) is 3.06. The molecule has 0 aliphatic carbocycles. The standard InChI is InChI=1S/C15H19N3O2S/c1-10(2)8-14-17-18-15(21-14)16-13(19)9-20-12-7-5-4-6-11(12)3/h4-7,10H,8-9H2,1-3H3,(H,16,18,19). The van der Waals surface area contributed by atoms with Crippen molar-refractivity contribution < 1.29 is 9.53 Å². The minimum atomic E-state index is -0.231. The van der Waals surface area contributed by atoms with Crippen LogP contribution in [0.5, 0.6) is 5.75 Å². The van der Waals surface area contributed by atoms with Gasteiger partial charge in [0.2, 0.25) is 5.13 Å². The quantitative estimate of drug-likeness (QED) is 0.891. The summed E-state index contributed by atoms with van der Waals surface area (Å²) in [6.07, 6.45) is 0.868. The van der Waals surface area contributed by atoms with E-state index < -0.39 is 0 Å². The number of para-hydroxylation sites is 1. The Balaban J connectivity index is 1.84. The maximum atomic E-state index is 11.8. The second-order valence-corrected chi connectivity index (χ2v) is 6.26. The fraction of sp³-hybridized carbons (Fsp3) is 0.400. The number of aromatic nitrogens is 2. The summed E-state index contributed by atoms with van der Waals surface area (Å²) in [5.74, 6) is 1.00. The maximum absolute atomic E-state index is 11.8. The number of ether oxygens (including phenoxy) is 1. The van der Waals surface area contributed by atoms with Crippen LogP contribution >= 0.6 is 11.3 Å². The Morgan fingerprint density at radius 1 is 1.33 bits per heavy atom. The average molecular weight is 305 g/mol. The normalized spacial score (nSPS) is 10.7. The van der Waals surface area contributed by atoms with Gasteiger partial charge in [-0.2, -0.15) is 0 Å². The molecule has 21 heavy (non-hydrogen) atoms. The number of amides is 1. The molecule has 5 nitrogen and oxygen atoms in total. The van der Waals surface area contributed by atoms with Crippen molar-refractivity contribution in [3.63, 3.8) is 0 Å². The van der Waals surface area contributed by atoms with Gasteiger partial charge in [0, 0.05) is 6.42 Å². The second-order valence-electron chi connectivity index (χ2n) is 5.20. The van der Waals surface area contributed by atoms with Crippen molar-refractivity contribution in [2.75, 3.05) is 11.9 Å². The molecule has 0 aliphatic rings. The van der Waals surface area contributed by atoms with Gasteiger partial charge in [-0.25, -0.2) is 0 Å². The molecule has 0 bridgehead atoms. The van der Waals surface area contributed by atoms with Crippen LogP contribution < -0.4 is 10.1 Å². The van der Waals surface area contributed by atoms with Crippen molar-refractivity contribution >= 4 is 22.4 Å². The number of hydrogen-bond acceptors (Lipinski definition) is 5. The monoisotopic (exact) mass is 305 g/mol. The van der Waals surface area contributed by atoms with Gasteiger partial charge in [0.15, 0.2) is 6.61 Å². The Hall–Kier alpha value is -1.95. The van der Waals surface area contributed by atoms with Crippen molar-refractivity contribution in [1.29, 1.82) is 0 Å². The Kier molecular flexibility index (Phi) is 5.27. The summed E-state index contributed by atoms with van der Waals surface area (Å²) >= 11 is 1.40. The molecule has 1 amide bonds. The van der Waals surface area contributed by atoms with Crippen LogP contribution in [0.25, 0.3) is 0 Å². The summed E-state index contributed by atoms with van der Waals surface area (Å²) in [6, 6.07) is 7.59. The van der Waals surface area contributed by atoms with Gasteiger partial charge in [0.25, 0.3) is 5.91 Å². The molecule has 1 heterocycles. The fourth-order valence-electron chi connectivity index (χ4n) is 1.75. The van der Waals surface area contributed by atoms with Crippen molar-refractivity contribution in [2.45, 2.75) is 27.2 Å². The zero-order chi connectivity index (χ0) is 15.2. The number of nitrogens with one attached hydrogen (secondary N) is 1. The summed E-state index contributed by atoms with van der Waals surface area (Å²) in [7, 11) is 0. The molecule has 112 valence electrons. The summed E-state index contributed by atoms with van der Waals surface area (Å²) < 4.78 is 5.49. The molecule has 2 rings (SSSR count). The van der Waals surface area contributed by atoms with Crippen LogP contribution in [0, 0.1) is 12.8 Å². The highest BCUT2D eigenvalue weighted by Crippen LogP contribution is 2.19. The molecule has 6 heteroatoms. The summed E-state index contributed by atoms with van der Waals surface area (Å²) in [5.41, 5.74) is 1.00. The molecule has 1 aromatic heterocycles. The van der Waals surface area contributed by atoms with Crippen LogP contribution in [0.4, 0.5) is 5.13 Å². The zero-order valence-electron chi connectivity index (χ0n) is 12.4. The lowest BCUT2D eigenvalue weighted by atomic mass is 10.1. The van der Waals surface area contributed by atoms with Crippen molar-refractivity contribution in [2.24, 2.45) is 5.92 Å². The molecule has 0 aliphatic heterocycles. The van der Waals surface area contributed by atoms with E-state index in [9.17, 15) is 4.79 Å². The largest absolute Gasteiger partial charge is 0.483 e. The third kappa shape index (κ3) is 4.82. The van der Waals surface area contributed by atoms with E-state index >= 15 is 0 Å². The van der Waals surface area contributed by atoms with E-state index in [1.807, 2.05) is 31.2 Å². The Morgan fingerprint density at radius 2 is 2.10 bits per heavy atom. The number of hydrogen-bond donors (Lipinski definition) is 1. The van der Waals surface area contributed by atoms with Gasteiger partial charge in [-0.05, 0) is 24.5 Å². The molecule has 2 aromatic rings. The summed E-state index contributed by atoms with van der Waals surface area (Å²) in [6.45, 7) is 6.14. The van der Waals surface area contributed by atoms with Gasteiger partial charge in [-0.3, -0.25) is 10.1 Å². The topological polar surface area (TPSA) is 64.1 Å². The van der Waals surface area contributed by atoms with E-state index in [1.165, 1.54) is 11.3 Å². The van der Waals surface area contributed by atoms with Crippen LogP contribution in [0.15, 0.2) is 24.3 Å². The first-order valence-corrected chi connectivity index (χ1v) is 7.67. The molecule has 0 unspecified atom stereocenters. The van der Waals surface area contributed by atoms with Crippen molar-refractivity contribution in [3.8, 4) is 5.75 Å². The number of rotatable bonds is 6. The van der Waals surface area contributed by atoms with E-state index in [4.69, 9.17) is 4.74 Å². The van der Waals surface area contributed by atoms with Gasteiger partial charge in [-0.15, -0.1) is 10.2 Å². The Morgan fingerprint density at radius 3 is 2.81 bits per heavy atom. The number of benzene rings is 1. The SMILES string of the molecule is Cc1ccccc1OCC(=O)Nc1nnc(CC(C)C)s1.